The molecule has 0 bridgehead atoms. The third kappa shape index (κ3) is 2.70. The van der Waals surface area contributed by atoms with E-state index in [-0.39, 0.29) is 6.61 Å². The number of rotatable bonds is 4. The van der Waals surface area contributed by atoms with Crippen molar-refractivity contribution in [2.45, 2.75) is 38.8 Å². The van der Waals surface area contributed by atoms with Crippen LogP contribution in [0.4, 0.5) is 0 Å². The number of benzene rings is 1. The molecular weight excluding hydrogens is 210 g/mol. The standard InChI is InChI=1S/C15H23NO/c1-12(2)15(11-17)16-10-6-9-14(16)13-7-4-3-5-8-13/h3-5,7-8,12,14-15,17H,6,9-11H2,1-2H3/t14-,15-/m1/s1. The summed E-state index contributed by atoms with van der Waals surface area (Å²) in [4.78, 5) is 2.49. The zero-order chi connectivity index (χ0) is 12.3. The molecule has 0 unspecified atom stereocenters. The zero-order valence-corrected chi connectivity index (χ0v) is 10.8. The molecule has 1 aromatic rings. The zero-order valence-electron chi connectivity index (χ0n) is 10.8. The van der Waals surface area contributed by atoms with Crippen LogP contribution in [0.15, 0.2) is 30.3 Å². The van der Waals surface area contributed by atoms with Gasteiger partial charge in [0, 0.05) is 12.1 Å². The highest BCUT2D eigenvalue weighted by Crippen LogP contribution is 2.34. The van der Waals surface area contributed by atoms with Crippen molar-refractivity contribution >= 4 is 0 Å². The third-order valence-corrected chi connectivity index (χ3v) is 3.86. The van der Waals surface area contributed by atoms with Gasteiger partial charge < -0.3 is 5.11 Å². The largest absolute Gasteiger partial charge is 0.395 e. The van der Waals surface area contributed by atoms with Crippen molar-refractivity contribution in [3.05, 3.63) is 35.9 Å². The van der Waals surface area contributed by atoms with Crippen molar-refractivity contribution in [3.63, 3.8) is 0 Å². The molecule has 0 radical (unpaired) electrons. The number of hydrogen-bond acceptors (Lipinski definition) is 2. The van der Waals surface area contributed by atoms with Crippen molar-refractivity contribution in [2.24, 2.45) is 5.92 Å². The summed E-state index contributed by atoms with van der Waals surface area (Å²) in [6.45, 7) is 5.77. The Morgan fingerprint density at radius 2 is 2.00 bits per heavy atom. The Morgan fingerprint density at radius 1 is 1.29 bits per heavy atom. The highest BCUT2D eigenvalue weighted by molar-refractivity contribution is 5.20. The lowest BCUT2D eigenvalue weighted by Gasteiger charge is -2.34. The molecular formula is C15H23NO. The molecule has 0 spiro atoms. The van der Waals surface area contributed by atoms with Gasteiger partial charge >= 0.3 is 0 Å². The van der Waals surface area contributed by atoms with Gasteiger partial charge in [0.25, 0.3) is 0 Å². The molecule has 2 atom stereocenters. The number of likely N-dealkylation sites (tertiary alicyclic amines) is 1. The molecule has 1 aliphatic heterocycles. The first-order valence-corrected chi connectivity index (χ1v) is 6.65. The van der Waals surface area contributed by atoms with Gasteiger partial charge in [0.15, 0.2) is 0 Å². The Hall–Kier alpha value is -0.860. The average molecular weight is 233 g/mol. The minimum absolute atomic E-state index is 0.265. The average Bonchev–Trinajstić information content (AvgIpc) is 2.80. The lowest BCUT2D eigenvalue weighted by atomic mass is 9.99. The fourth-order valence-electron chi connectivity index (χ4n) is 2.92. The highest BCUT2D eigenvalue weighted by Gasteiger charge is 2.32. The Labute approximate surface area is 104 Å². The summed E-state index contributed by atoms with van der Waals surface area (Å²) in [7, 11) is 0. The maximum absolute atomic E-state index is 9.58. The molecule has 1 aliphatic rings. The van der Waals surface area contributed by atoms with Crippen LogP contribution in [-0.4, -0.2) is 29.2 Å². The lowest BCUT2D eigenvalue weighted by Crippen LogP contribution is -2.41. The van der Waals surface area contributed by atoms with Crippen LogP contribution >= 0.6 is 0 Å². The molecule has 1 aromatic carbocycles. The van der Waals surface area contributed by atoms with Crippen LogP contribution in [0.25, 0.3) is 0 Å². The summed E-state index contributed by atoms with van der Waals surface area (Å²) < 4.78 is 0. The number of aliphatic hydroxyl groups excluding tert-OH is 1. The van der Waals surface area contributed by atoms with E-state index in [4.69, 9.17) is 0 Å². The predicted molar refractivity (Wildman–Crippen MR) is 70.8 cm³/mol. The Balaban J connectivity index is 2.17. The van der Waals surface area contributed by atoms with E-state index in [1.165, 1.54) is 18.4 Å². The first-order valence-electron chi connectivity index (χ1n) is 6.65. The molecule has 0 aliphatic carbocycles. The monoisotopic (exact) mass is 233 g/mol. The van der Waals surface area contributed by atoms with Crippen LogP contribution < -0.4 is 0 Å². The van der Waals surface area contributed by atoms with Gasteiger partial charge in [0.2, 0.25) is 0 Å². The number of nitrogens with zero attached hydrogens (tertiary/aromatic N) is 1. The van der Waals surface area contributed by atoms with E-state index in [2.05, 4.69) is 49.1 Å². The molecule has 2 rings (SSSR count). The smallest absolute Gasteiger partial charge is 0.0589 e. The maximum Gasteiger partial charge on any atom is 0.0589 e. The minimum Gasteiger partial charge on any atom is -0.395 e. The quantitative estimate of drug-likeness (QED) is 0.864. The SMILES string of the molecule is CC(C)[C@@H](CO)N1CCC[C@@H]1c1ccccc1. The maximum atomic E-state index is 9.58. The third-order valence-electron chi connectivity index (χ3n) is 3.86. The van der Waals surface area contributed by atoms with Crippen molar-refractivity contribution < 1.29 is 5.11 Å². The molecule has 1 N–H and O–H groups in total. The van der Waals surface area contributed by atoms with E-state index < -0.39 is 0 Å². The molecule has 17 heavy (non-hydrogen) atoms. The van der Waals surface area contributed by atoms with E-state index in [0.29, 0.717) is 18.0 Å². The van der Waals surface area contributed by atoms with Crippen LogP contribution in [0, 0.1) is 5.92 Å². The summed E-state index contributed by atoms with van der Waals surface area (Å²) in [5, 5.41) is 9.58. The molecule has 2 heteroatoms. The van der Waals surface area contributed by atoms with Gasteiger partial charge in [-0.1, -0.05) is 44.2 Å². The van der Waals surface area contributed by atoms with E-state index in [9.17, 15) is 5.11 Å². The van der Waals surface area contributed by atoms with Crippen LogP contribution in [0.1, 0.15) is 38.3 Å². The molecule has 0 aromatic heterocycles. The fraction of sp³-hybridized carbons (Fsp3) is 0.600. The second kappa shape index (κ2) is 5.65. The number of hydrogen-bond donors (Lipinski definition) is 1. The van der Waals surface area contributed by atoms with Gasteiger partial charge in [0.05, 0.1) is 6.61 Å². The first kappa shape index (κ1) is 12.6. The summed E-state index contributed by atoms with van der Waals surface area (Å²) in [5.74, 6) is 0.504. The Kier molecular flexibility index (Phi) is 4.19. The lowest BCUT2D eigenvalue weighted by molar-refractivity contribution is 0.0806. The molecule has 0 saturated carbocycles. The molecule has 1 heterocycles. The highest BCUT2D eigenvalue weighted by atomic mass is 16.3. The predicted octanol–water partition coefficient (Wildman–Crippen LogP) is 2.84. The van der Waals surface area contributed by atoms with Crippen molar-refractivity contribution in [3.8, 4) is 0 Å². The molecule has 1 fully saturated rings. The van der Waals surface area contributed by atoms with Gasteiger partial charge in [-0.25, -0.2) is 0 Å². The van der Waals surface area contributed by atoms with Crippen molar-refractivity contribution in [1.82, 2.24) is 4.90 Å². The van der Waals surface area contributed by atoms with Gasteiger partial charge in [-0.05, 0) is 30.9 Å². The summed E-state index contributed by atoms with van der Waals surface area (Å²) in [6.07, 6.45) is 2.45. The Morgan fingerprint density at radius 3 is 2.59 bits per heavy atom. The van der Waals surface area contributed by atoms with Gasteiger partial charge in [-0.15, -0.1) is 0 Å². The van der Waals surface area contributed by atoms with Gasteiger partial charge in [-0.2, -0.15) is 0 Å². The minimum atomic E-state index is 0.265. The Bertz CT molecular complexity index is 336. The normalized spacial score (nSPS) is 23.2. The molecule has 94 valence electrons. The molecule has 0 amide bonds. The summed E-state index contributed by atoms with van der Waals surface area (Å²) in [5.41, 5.74) is 1.39. The van der Waals surface area contributed by atoms with E-state index in [0.717, 1.165) is 6.54 Å². The first-order chi connectivity index (χ1) is 8.24. The fourth-order valence-corrected chi connectivity index (χ4v) is 2.92. The van der Waals surface area contributed by atoms with E-state index in [1.807, 2.05) is 0 Å². The van der Waals surface area contributed by atoms with E-state index >= 15 is 0 Å². The molecule has 1 saturated heterocycles. The van der Waals surface area contributed by atoms with Crippen LogP contribution in [0.2, 0.25) is 0 Å². The summed E-state index contributed by atoms with van der Waals surface area (Å²) in [6, 6.07) is 11.5. The molecule has 2 nitrogen and oxygen atoms in total. The van der Waals surface area contributed by atoms with Crippen molar-refractivity contribution in [1.29, 1.82) is 0 Å². The summed E-state index contributed by atoms with van der Waals surface area (Å²) >= 11 is 0. The van der Waals surface area contributed by atoms with Crippen LogP contribution in [0.3, 0.4) is 0 Å². The van der Waals surface area contributed by atoms with Crippen LogP contribution in [-0.2, 0) is 0 Å². The van der Waals surface area contributed by atoms with Crippen LogP contribution in [0.5, 0.6) is 0 Å². The second-order valence-corrected chi connectivity index (χ2v) is 5.30. The second-order valence-electron chi connectivity index (χ2n) is 5.30. The van der Waals surface area contributed by atoms with Gasteiger partial charge in [-0.3, -0.25) is 4.90 Å². The van der Waals surface area contributed by atoms with Crippen molar-refractivity contribution in [2.75, 3.05) is 13.2 Å². The topological polar surface area (TPSA) is 23.5 Å². The number of aliphatic hydroxyl groups is 1. The van der Waals surface area contributed by atoms with E-state index in [1.54, 1.807) is 0 Å². The van der Waals surface area contributed by atoms with Gasteiger partial charge in [0.1, 0.15) is 0 Å².